The Balaban J connectivity index is 2.81. The average molecular weight is 223 g/mol. The predicted octanol–water partition coefficient (Wildman–Crippen LogP) is 0.784. The Labute approximate surface area is 95.0 Å². The summed E-state index contributed by atoms with van der Waals surface area (Å²) < 4.78 is 5.02. The lowest BCUT2D eigenvalue weighted by Gasteiger charge is -2.16. The maximum Gasteiger partial charge on any atom is 0.320 e. The third kappa shape index (κ3) is 3.32. The van der Waals surface area contributed by atoms with Crippen molar-refractivity contribution in [1.29, 1.82) is 0 Å². The zero-order valence-corrected chi connectivity index (χ0v) is 9.35. The van der Waals surface area contributed by atoms with E-state index in [-0.39, 0.29) is 13.2 Å². The number of hydrogen-bond acceptors (Lipinski definition) is 4. The number of aryl methyl sites for hydroxylation is 1. The molecule has 0 aliphatic rings. The molecule has 1 unspecified atom stereocenters. The summed E-state index contributed by atoms with van der Waals surface area (Å²) in [5.41, 5.74) is 7.09. The van der Waals surface area contributed by atoms with Crippen molar-refractivity contribution in [3.05, 3.63) is 35.4 Å². The van der Waals surface area contributed by atoms with Crippen LogP contribution in [0.4, 0.5) is 0 Å². The summed E-state index contributed by atoms with van der Waals surface area (Å²) in [5, 5.41) is 9.17. The fourth-order valence-corrected chi connectivity index (χ4v) is 1.43. The first-order chi connectivity index (χ1) is 7.71. The maximum atomic E-state index is 11.1. The molecule has 0 saturated heterocycles. The second kappa shape index (κ2) is 6.25. The van der Waals surface area contributed by atoms with Gasteiger partial charge in [0.15, 0.2) is 0 Å². The van der Waals surface area contributed by atoms with Crippen LogP contribution in [-0.4, -0.2) is 24.2 Å². The standard InChI is InChI=1S/C12H17NO3/c1-2-9-4-3-5-10(6-9)11(8-14)16-12(15)7-13/h3-6,11,14H,2,7-8,13H2,1H3. The SMILES string of the molecule is CCc1cccc(C(CO)OC(=O)CN)c1. The van der Waals surface area contributed by atoms with Gasteiger partial charge in [-0.2, -0.15) is 0 Å². The van der Waals surface area contributed by atoms with Crippen molar-refractivity contribution < 1.29 is 14.6 Å². The molecule has 0 saturated carbocycles. The summed E-state index contributed by atoms with van der Waals surface area (Å²) in [6.07, 6.45) is 0.277. The van der Waals surface area contributed by atoms with Crippen LogP contribution in [-0.2, 0) is 16.0 Å². The molecule has 3 N–H and O–H groups in total. The molecule has 4 nitrogen and oxygen atoms in total. The van der Waals surface area contributed by atoms with Gasteiger partial charge in [0.2, 0.25) is 0 Å². The minimum absolute atomic E-state index is 0.177. The summed E-state index contributed by atoms with van der Waals surface area (Å²) in [6.45, 7) is 1.63. The third-order valence-electron chi connectivity index (χ3n) is 2.34. The lowest BCUT2D eigenvalue weighted by molar-refractivity contribution is -0.149. The van der Waals surface area contributed by atoms with Gasteiger partial charge in [0.1, 0.15) is 6.10 Å². The van der Waals surface area contributed by atoms with Crippen molar-refractivity contribution in [1.82, 2.24) is 0 Å². The van der Waals surface area contributed by atoms with Gasteiger partial charge in [-0.15, -0.1) is 0 Å². The first-order valence-corrected chi connectivity index (χ1v) is 5.30. The molecular formula is C12H17NO3. The van der Waals surface area contributed by atoms with E-state index in [0.29, 0.717) is 0 Å². The van der Waals surface area contributed by atoms with Crippen LogP contribution >= 0.6 is 0 Å². The van der Waals surface area contributed by atoms with Crippen molar-refractivity contribution in [3.8, 4) is 0 Å². The number of benzene rings is 1. The maximum absolute atomic E-state index is 11.1. The molecule has 0 aliphatic heterocycles. The van der Waals surface area contributed by atoms with E-state index in [1.165, 1.54) is 0 Å². The fourth-order valence-electron chi connectivity index (χ4n) is 1.43. The van der Waals surface area contributed by atoms with Gasteiger partial charge >= 0.3 is 5.97 Å². The van der Waals surface area contributed by atoms with Gasteiger partial charge < -0.3 is 15.6 Å². The Morgan fingerprint density at radius 1 is 1.56 bits per heavy atom. The molecule has 0 heterocycles. The molecule has 1 atom stereocenters. The highest BCUT2D eigenvalue weighted by Crippen LogP contribution is 2.18. The quantitative estimate of drug-likeness (QED) is 0.724. The summed E-state index contributed by atoms with van der Waals surface area (Å²) in [4.78, 5) is 11.1. The number of rotatable bonds is 5. The van der Waals surface area contributed by atoms with Gasteiger partial charge in [0.25, 0.3) is 0 Å². The Kier molecular flexibility index (Phi) is 4.95. The van der Waals surface area contributed by atoms with Crippen LogP contribution in [0, 0.1) is 0 Å². The van der Waals surface area contributed by atoms with Crippen LogP contribution in [0.25, 0.3) is 0 Å². The third-order valence-corrected chi connectivity index (χ3v) is 2.34. The topological polar surface area (TPSA) is 72.5 Å². The normalized spacial score (nSPS) is 12.2. The number of aliphatic hydroxyl groups is 1. The monoisotopic (exact) mass is 223 g/mol. The van der Waals surface area contributed by atoms with Crippen LogP contribution in [0.5, 0.6) is 0 Å². The number of hydrogen-bond donors (Lipinski definition) is 2. The highest BCUT2D eigenvalue weighted by molar-refractivity contribution is 5.71. The molecule has 4 heteroatoms. The number of carbonyl (C=O) groups is 1. The van der Waals surface area contributed by atoms with Gasteiger partial charge in [-0.05, 0) is 17.5 Å². The molecule has 1 rings (SSSR count). The number of aliphatic hydroxyl groups excluding tert-OH is 1. The van der Waals surface area contributed by atoms with E-state index < -0.39 is 12.1 Å². The highest BCUT2D eigenvalue weighted by atomic mass is 16.6. The van der Waals surface area contributed by atoms with Crippen molar-refractivity contribution in [3.63, 3.8) is 0 Å². The molecular weight excluding hydrogens is 206 g/mol. The molecule has 0 amide bonds. The molecule has 16 heavy (non-hydrogen) atoms. The largest absolute Gasteiger partial charge is 0.454 e. The summed E-state index contributed by atoms with van der Waals surface area (Å²) >= 11 is 0. The molecule has 88 valence electrons. The zero-order chi connectivity index (χ0) is 12.0. The van der Waals surface area contributed by atoms with E-state index in [4.69, 9.17) is 15.6 Å². The average Bonchev–Trinajstić information content (AvgIpc) is 2.35. The Hall–Kier alpha value is -1.39. The Morgan fingerprint density at radius 2 is 2.31 bits per heavy atom. The van der Waals surface area contributed by atoms with E-state index in [2.05, 4.69) is 0 Å². The molecule has 0 aliphatic carbocycles. The zero-order valence-electron chi connectivity index (χ0n) is 9.35. The summed E-state index contributed by atoms with van der Waals surface area (Å²) in [6, 6.07) is 7.62. The van der Waals surface area contributed by atoms with Crippen molar-refractivity contribution in [2.24, 2.45) is 5.73 Å². The minimum atomic E-state index is -0.623. The Bertz CT molecular complexity index is 352. The van der Waals surface area contributed by atoms with Crippen molar-refractivity contribution in [2.45, 2.75) is 19.4 Å². The summed E-state index contributed by atoms with van der Waals surface area (Å²) in [5.74, 6) is -0.513. The Morgan fingerprint density at radius 3 is 2.88 bits per heavy atom. The van der Waals surface area contributed by atoms with E-state index in [9.17, 15) is 4.79 Å². The lowest BCUT2D eigenvalue weighted by Crippen LogP contribution is -2.21. The number of esters is 1. The first-order valence-electron chi connectivity index (χ1n) is 5.30. The number of nitrogens with two attached hydrogens (primary N) is 1. The van der Waals surface area contributed by atoms with Crippen LogP contribution in [0.1, 0.15) is 24.2 Å². The smallest absolute Gasteiger partial charge is 0.320 e. The van der Waals surface area contributed by atoms with Gasteiger partial charge in [-0.1, -0.05) is 31.2 Å². The predicted molar refractivity (Wildman–Crippen MR) is 60.8 cm³/mol. The van der Waals surface area contributed by atoms with Crippen LogP contribution < -0.4 is 5.73 Å². The molecule has 0 bridgehead atoms. The molecule has 0 radical (unpaired) electrons. The van der Waals surface area contributed by atoms with E-state index in [0.717, 1.165) is 17.5 Å². The second-order valence-electron chi connectivity index (χ2n) is 3.46. The first kappa shape index (κ1) is 12.7. The van der Waals surface area contributed by atoms with Crippen molar-refractivity contribution in [2.75, 3.05) is 13.2 Å². The van der Waals surface area contributed by atoms with Crippen molar-refractivity contribution >= 4 is 5.97 Å². The number of ether oxygens (including phenoxy) is 1. The van der Waals surface area contributed by atoms with Crippen LogP contribution in [0.3, 0.4) is 0 Å². The molecule has 1 aromatic rings. The number of carbonyl (C=O) groups excluding carboxylic acids is 1. The highest BCUT2D eigenvalue weighted by Gasteiger charge is 2.14. The fraction of sp³-hybridized carbons (Fsp3) is 0.417. The van der Waals surface area contributed by atoms with Crippen LogP contribution in [0.15, 0.2) is 24.3 Å². The molecule has 0 spiro atoms. The minimum Gasteiger partial charge on any atom is -0.454 e. The van der Waals surface area contributed by atoms with E-state index in [1.54, 1.807) is 0 Å². The van der Waals surface area contributed by atoms with Gasteiger partial charge in [-0.25, -0.2) is 0 Å². The molecule has 1 aromatic carbocycles. The van der Waals surface area contributed by atoms with Gasteiger partial charge in [0.05, 0.1) is 13.2 Å². The van der Waals surface area contributed by atoms with Crippen LogP contribution in [0.2, 0.25) is 0 Å². The second-order valence-corrected chi connectivity index (χ2v) is 3.46. The molecule has 0 aromatic heterocycles. The lowest BCUT2D eigenvalue weighted by atomic mass is 10.1. The van der Waals surface area contributed by atoms with E-state index in [1.807, 2.05) is 31.2 Å². The summed E-state index contributed by atoms with van der Waals surface area (Å²) in [7, 11) is 0. The molecule has 0 fully saturated rings. The van der Waals surface area contributed by atoms with Gasteiger partial charge in [-0.3, -0.25) is 4.79 Å². The van der Waals surface area contributed by atoms with E-state index >= 15 is 0 Å². The van der Waals surface area contributed by atoms with Gasteiger partial charge in [0, 0.05) is 0 Å².